The molecule has 1 heterocycles. The summed E-state index contributed by atoms with van der Waals surface area (Å²) in [5, 5.41) is 10.1. The van der Waals surface area contributed by atoms with Crippen molar-refractivity contribution in [3.05, 3.63) is 119 Å². The van der Waals surface area contributed by atoms with Gasteiger partial charge in [0.25, 0.3) is 5.91 Å². The van der Waals surface area contributed by atoms with Gasteiger partial charge in [-0.15, -0.1) is 0 Å². The Morgan fingerprint density at radius 3 is 2.48 bits per heavy atom. The number of nitrogens with one attached hydrogen (secondary N) is 2. The first-order valence-electron chi connectivity index (χ1n) is 13.1. The number of hydrogen-bond acceptors (Lipinski definition) is 4. The first-order chi connectivity index (χ1) is 19.2. The van der Waals surface area contributed by atoms with Crippen LogP contribution < -0.4 is 16.4 Å². The van der Waals surface area contributed by atoms with Gasteiger partial charge in [0, 0.05) is 18.3 Å². The van der Waals surface area contributed by atoms with Gasteiger partial charge in [-0.05, 0) is 77.9 Å². The molecule has 1 aliphatic carbocycles. The smallest absolute Gasteiger partial charge is 0.326 e. The van der Waals surface area contributed by atoms with Crippen molar-refractivity contribution >= 4 is 17.7 Å². The lowest BCUT2D eigenvalue weighted by atomic mass is 9.96. The molecular formula is C31H30F3N5O. The van der Waals surface area contributed by atoms with E-state index in [1.54, 1.807) is 36.4 Å². The lowest BCUT2D eigenvalue weighted by Crippen LogP contribution is -2.25. The van der Waals surface area contributed by atoms with Crippen LogP contribution in [0.25, 0.3) is 11.8 Å². The van der Waals surface area contributed by atoms with E-state index in [-0.39, 0.29) is 18.3 Å². The first-order valence-corrected chi connectivity index (χ1v) is 13.1. The standard InChI is InChI=1S/C31H30F3N5O/c1-2-20-6-3-8-23(14-20)29(36-19-21-12-13-21)24-9-5-10-25(16-24)37-30(40)27-17-28(31(32,33)34)38-39(27)26-11-4-7-22(15-26)18-35/h2-11,14-17,21,29,36H,1,12-13,18-19,35H2,(H,37,40). The SMILES string of the molecule is C=Cc1cccc(C(NCC2CC2)c2cccc(NC(=O)c3cc(C(F)(F)F)nn3-c3cccc(CN)c3)c2)c1. The summed E-state index contributed by atoms with van der Waals surface area (Å²) in [5.41, 5.74) is 8.74. The lowest BCUT2D eigenvalue weighted by Gasteiger charge is -2.21. The summed E-state index contributed by atoms with van der Waals surface area (Å²) in [7, 11) is 0. The Morgan fingerprint density at radius 1 is 1.05 bits per heavy atom. The van der Waals surface area contributed by atoms with Crippen molar-refractivity contribution in [3.63, 3.8) is 0 Å². The third-order valence-electron chi connectivity index (χ3n) is 6.89. The molecule has 1 fully saturated rings. The van der Waals surface area contributed by atoms with Gasteiger partial charge in [0.1, 0.15) is 5.69 Å². The molecule has 4 N–H and O–H groups in total. The van der Waals surface area contributed by atoms with Crippen molar-refractivity contribution in [1.82, 2.24) is 15.1 Å². The molecule has 1 aliphatic rings. The Labute approximate surface area is 230 Å². The van der Waals surface area contributed by atoms with E-state index in [1.165, 1.54) is 12.8 Å². The van der Waals surface area contributed by atoms with Crippen molar-refractivity contribution in [3.8, 4) is 5.69 Å². The van der Waals surface area contributed by atoms with Crippen LogP contribution in [-0.2, 0) is 12.7 Å². The number of halogens is 3. The van der Waals surface area contributed by atoms with Gasteiger partial charge < -0.3 is 16.4 Å². The fraction of sp³-hybridized carbons (Fsp3) is 0.226. The van der Waals surface area contributed by atoms with E-state index in [2.05, 4.69) is 28.4 Å². The van der Waals surface area contributed by atoms with E-state index in [0.717, 1.165) is 34.0 Å². The molecule has 0 radical (unpaired) electrons. The van der Waals surface area contributed by atoms with E-state index in [4.69, 9.17) is 5.73 Å². The number of carbonyl (C=O) groups excluding carboxylic acids is 1. The minimum absolute atomic E-state index is 0.140. The Kier molecular flexibility index (Phi) is 7.86. The highest BCUT2D eigenvalue weighted by molar-refractivity contribution is 6.03. The molecule has 4 aromatic rings. The van der Waals surface area contributed by atoms with Crippen molar-refractivity contribution in [2.24, 2.45) is 11.7 Å². The second kappa shape index (κ2) is 11.5. The highest BCUT2D eigenvalue weighted by Gasteiger charge is 2.36. The molecule has 9 heteroatoms. The fourth-order valence-electron chi connectivity index (χ4n) is 4.58. The molecule has 1 amide bonds. The molecule has 3 aromatic carbocycles. The third-order valence-corrected chi connectivity index (χ3v) is 6.89. The van der Waals surface area contributed by atoms with Crippen LogP contribution in [0.2, 0.25) is 0 Å². The summed E-state index contributed by atoms with van der Waals surface area (Å²) in [6.45, 7) is 4.93. The van der Waals surface area contributed by atoms with Gasteiger partial charge in [-0.3, -0.25) is 4.79 Å². The van der Waals surface area contributed by atoms with Crippen LogP contribution in [0.1, 0.15) is 57.3 Å². The second-order valence-corrected chi connectivity index (χ2v) is 9.94. The number of hydrogen-bond donors (Lipinski definition) is 3. The highest BCUT2D eigenvalue weighted by atomic mass is 19.4. The molecule has 1 saturated carbocycles. The number of aromatic nitrogens is 2. The van der Waals surface area contributed by atoms with Crippen LogP contribution >= 0.6 is 0 Å². The summed E-state index contributed by atoms with van der Waals surface area (Å²) in [6, 6.07) is 22.6. The number of amides is 1. The number of nitrogens with zero attached hydrogens (tertiary/aromatic N) is 2. The minimum Gasteiger partial charge on any atom is -0.326 e. The molecule has 6 nitrogen and oxygen atoms in total. The molecule has 40 heavy (non-hydrogen) atoms. The van der Waals surface area contributed by atoms with Crippen molar-refractivity contribution < 1.29 is 18.0 Å². The highest BCUT2D eigenvalue weighted by Crippen LogP contribution is 2.32. The molecule has 1 aromatic heterocycles. The fourth-order valence-corrected chi connectivity index (χ4v) is 4.58. The van der Waals surface area contributed by atoms with E-state index in [1.807, 2.05) is 36.4 Å². The second-order valence-electron chi connectivity index (χ2n) is 9.94. The number of alkyl halides is 3. The van der Waals surface area contributed by atoms with Crippen LogP contribution in [0.15, 0.2) is 85.4 Å². The Balaban J connectivity index is 1.46. The Bertz CT molecular complexity index is 1520. The zero-order valence-electron chi connectivity index (χ0n) is 21.8. The number of nitrogens with two attached hydrogens (primary N) is 1. The topological polar surface area (TPSA) is 85.0 Å². The normalized spacial score (nSPS) is 14.1. The average Bonchev–Trinajstić information content (AvgIpc) is 3.66. The molecule has 0 saturated heterocycles. The maximum Gasteiger partial charge on any atom is 0.435 e. The van der Waals surface area contributed by atoms with Crippen molar-refractivity contribution in [2.75, 3.05) is 11.9 Å². The summed E-state index contributed by atoms with van der Waals surface area (Å²) < 4.78 is 41.8. The molecule has 1 atom stereocenters. The van der Waals surface area contributed by atoms with Gasteiger partial charge >= 0.3 is 6.18 Å². The van der Waals surface area contributed by atoms with Gasteiger partial charge in [-0.2, -0.15) is 18.3 Å². The van der Waals surface area contributed by atoms with Crippen LogP contribution in [0.4, 0.5) is 18.9 Å². The van der Waals surface area contributed by atoms with Crippen molar-refractivity contribution in [1.29, 1.82) is 0 Å². The summed E-state index contributed by atoms with van der Waals surface area (Å²) in [5.74, 6) is -0.0664. The van der Waals surface area contributed by atoms with E-state index < -0.39 is 17.8 Å². The lowest BCUT2D eigenvalue weighted by molar-refractivity contribution is -0.141. The quantitative estimate of drug-likeness (QED) is 0.217. The first kappa shape index (κ1) is 27.4. The number of anilines is 1. The molecule has 0 spiro atoms. The van der Waals surface area contributed by atoms with Crippen LogP contribution in [0.5, 0.6) is 0 Å². The van der Waals surface area contributed by atoms with Gasteiger partial charge in [0.15, 0.2) is 5.69 Å². The molecule has 1 unspecified atom stereocenters. The van der Waals surface area contributed by atoms with Gasteiger partial charge in [0.2, 0.25) is 0 Å². The minimum atomic E-state index is -4.72. The summed E-state index contributed by atoms with van der Waals surface area (Å²) >= 11 is 0. The molecular weight excluding hydrogens is 515 g/mol. The van der Waals surface area contributed by atoms with Gasteiger partial charge in [-0.25, -0.2) is 4.68 Å². The Morgan fingerprint density at radius 2 is 1.77 bits per heavy atom. The third kappa shape index (κ3) is 6.32. The zero-order chi connectivity index (χ0) is 28.3. The largest absolute Gasteiger partial charge is 0.435 e. The summed E-state index contributed by atoms with van der Waals surface area (Å²) in [6.07, 6.45) is -0.527. The van der Waals surface area contributed by atoms with Crippen LogP contribution in [-0.4, -0.2) is 22.2 Å². The zero-order valence-corrected chi connectivity index (χ0v) is 21.8. The predicted octanol–water partition coefficient (Wildman–Crippen LogP) is 6.33. The number of rotatable bonds is 10. The average molecular weight is 546 g/mol. The monoisotopic (exact) mass is 545 g/mol. The van der Waals surface area contributed by atoms with Crippen LogP contribution in [0, 0.1) is 5.92 Å². The maximum absolute atomic E-state index is 13.6. The molecule has 0 bridgehead atoms. The van der Waals surface area contributed by atoms with E-state index in [0.29, 0.717) is 22.9 Å². The number of carbonyl (C=O) groups is 1. The molecule has 206 valence electrons. The van der Waals surface area contributed by atoms with Crippen molar-refractivity contribution in [2.45, 2.75) is 31.6 Å². The maximum atomic E-state index is 13.6. The van der Waals surface area contributed by atoms with Gasteiger partial charge in [-0.1, -0.05) is 55.1 Å². The molecule has 0 aliphatic heterocycles. The van der Waals surface area contributed by atoms with E-state index in [9.17, 15) is 18.0 Å². The predicted molar refractivity (Wildman–Crippen MR) is 150 cm³/mol. The molecule has 5 rings (SSSR count). The summed E-state index contributed by atoms with van der Waals surface area (Å²) in [4.78, 5) is 13.4. The van der Waals surface area contributed by atoms with E-state index >= 15 is 0 Å². The Hall–Kier alpha value is -4.21. The number of benzene rings is 3. The van der Waals surface area contributed by atoms with Gasteiger partial charge in [0.05, 0.1) is 11.7 Å². The van der Waals surface area contributed by atoms with Crippen LogP contribution in [0.3, 0.4) is 0 Å².